The third-order valence-corrected chi connectivity index (χ3v) is 4.15. The molecule has 0 fully saturated rings. The van der Waals surface area contributed by atoms with E-state index in [1.54, 1.807) is 18.5 Å². The molecule has 1 atom stereocenters. The number of carbonyl (C=O) groups excluding carboxylic acids is 1. The fourth-order valence-electron chi connectivity index (χ4n) is 3.11. The first-order valence-corrected chi connectivity index (χ1v) is 7.31. The van der Waals surface area contributed by atoms with Gasteiger partial charge in [-0.1, -0.05) is 6.07 Å². The maximum atomic E-state index is 11.9. The highest BCUT2D eigenvalue weighted by atomic mass is 16.5. The molecule has 1 aliphatic rings. The molecule has 3 aromatic rings. The van der Waals surface area contributed by atoms with Gasteiger partial charge in [-0.05, 0) is 36.2 Å². The van der Waals surface area contributed by atoms with Crippen molar-refractivity contribution in [3.05, 3.63) is 69.8 Å². The van der Waals surface area contributed by atoms with Crippen LogP contribution in [0.5, 0.6) is 5.75 Å². The SMILES string of the molecule is Cc1cc(=O)oc2c3c(ccc12)OC(=O)C[C@@H]3c1cccnc1. The van der Waals surface area contributed by atoms with Crippen molar-refractivity contribution < 1.29 is 13.9 Å². The van der Waals surface area contributed by atoms with Gasteiger partial charge in [0, 0.05) is 35.3 Å². The molecule has 5 nitrogen and oxygen atoms in total. The van der Waals surface area contributed by atoms with E-state index in [4.69, 9.17) is 9.15 Å². The molecule has 4 rings (SSSR count). The fourth-order valence-corrected chi connectivity index (χ4v) is 3.11. The maximum absolute atomic E-state index is 11.9. The number of ether oxygens (including phenoxy) is 1. The van der Waals surface area contributed by atoms with Crippen molar-refractivity contribution >= 4 is 16.9 Å². The van der Waals surface area contributed by atoms with Gasteiger partial charge in [-0.25, -0.2) is 4.79 Å². The molecule has 3 heterocycles. The summed E-state index contributed by atoms with van der Waals surface area (Å²) in [5.74, 6) is -0.106. The van der Waals surface area contributed by atoms with Gasteiger partial charge in [0.2, 0.25) is 0 Å². The predicted octanol–water partition coefficient (Wildman–Crippen LogP) is 2.94. The molecule has 23 heavy (non-hydrogen) atoms. The number of hydrogen-bond donors (Lipinski definition) is 0. The number of nitrogens with zero attached hydrogens (tertiary/aromatic N) is 1. The van der Waals surface area contributed by atoms with E-state index in [9.17, 15) is 9.59 Å². The zero-order valence-corrected chi connectivity index (χ0v) is 12.4. The van der Waals surface area contributed by atoms with Crippen LogP contribution in [0.1, 0.15) is 29.0 Å². The third kappa shape index (κ3) is 2.21. The topological polar surface area (TPSA) is 69.4 Å². The van der Waals surface area contributed by atoms with E-state index >= 15 is 0 Å². The van der Waals surface area contributed by atoms with Crippen LogP contribution in [0, 0.1) is 6.92 Å². The van der Waals surface area contributed by atoms with Crippen molar-refractivity contribution in [2.75, 3.05) is 0 Å². The van der Waals surface area contributed by atoms with Crippen LogP contribution in [0.25, 0.3) is 11.0 Å². The van der Waals surface area contributed by atoms with Crippen molar-refractivity contribution in [3.8, 4) is 5.75 Å². The average Bonchev–Trinajstić information content (AvgIpc) is 2.54. The lowest BCUT2D eigenvalue weighted by Crippen LogP contribution is -2.21. The van der Waals surface area contributed by atoms with Crippen LogP contribution in [-0.4, -0.2) is 11.0 Å². The summed E-state index contributed by atoms with van der Waals surface area (Å²) in [7, 11) is 0. The van der Waals surface area contributed by atoms with Crippen LogP contribution >= 0.6 is 0 Å². The molecule has 0 saturated carbocycles. The molecular formula is C18H13NO4. The van der Waals surface area contributed by atoms with Gasteiger partial charge < -0.3 is 9.15 Å². The van der Waals surface area contributed by atoms with Crippen LogP contribution in [-0.2, 0) is 4.79 Å². The second-order valence-corrected chi connectivity index (χ2v) is 5.62. The molecule has 5 heteroatoms. The zero-order valence-electron chi connectivity index (χ0n) is 12.4. The second-order valence-electron chi connectivity index (χ2n) is 5.62. The summed E-state index contributed by atoms with van der Waals surface area (Å²) in [6.07, 6.45) is 3.59. The van der Waals surface area contributed by atoms with Crippen LogP contribution < -0.4 is 10.4 Å². The molecule has 0 amide bonds. The molecule has 0 spiro atoms. The van der Waals surface area contributed by atoms with Gasteiger partial charge >= 0.3 is 11.6 Å². The average molecular weight is 307 g/mol. The number of fused-ring (bicyclic) bond motifs is 3. The molecule has 0 saturated heterocycles. The molecule has 1 aliphatic heterocycles. The van der Waals surface area contributed by atoms with E-state index in [0.717, 1.165) is 22.1 Å². The lowest BCUT2D eigenvalue weighted by Gasteiger charge is -2.25. The summed E-state index contributed by atoms with van der Waals surface area (Å²) >= 11 is 0. The number of hydrogen-bond acceptors (Lipinski definition) is 5. The van der Waals surface area contributed by atoms with Crippen LogP contribution in [0.4, 0.5) is 0 Å². The monoisotopic (exact) mass is 307 g/mol. The normalized spacial score (nSPS) is 16.9. The largest absolute Gasteiger partial charge is 0.426 e. The summed E-state index contributed by atoms with van der Waals surface area (Å²) in [4.78, 5) is 27.9. The second kappa shape index (κ2) is 5.05. The lowest BCUT2D eigenvalue weighted by atomic mass is 9.86. The van der Waals surface area contributed by atoms with Crippen LogP contribution in [0.3, 0.4) is 0 Å². The Labute approximate surface area is 131 Å². The summed E-state index contributed by atoms with van der Waals surface area (Å²) in [6.45, 7) is 1.86. The highest BCUT2D eigenvalue weighted by molar-refractivity contribution is 5.89. The molecule has 1 aromatic carbocycles. The van der Waals surface area contributed by atoms with E-state index in [-0.39, 0.29) is 18.3 Å². The Morgan fingerprint density at radius 2 is 2.09 bits per heavy atom. The molecule has 0 N–H and O–H groups in total. The minimum atomic E-state index is -0.412. The van der Waals surface area contributed by atoms with Crippen molar-refractivity contribution in [1.29, 1.82) is 0 Å². The number of carbonyl (C=O) groups is 1. The van der Waals surface area contributed by atoms with Crippen molar-refractivity contribution in [1.82, 2.24) is 4.98 Å². The van der Waals surface area contributed by atoms with Crippen molar-refractivity contribution in [2.45, 2.75) is 19.3 Å². The first kappa shape index (κ1) is 13.7. The smallest absolute Gasteiger partial charge is 0.336 e. The molecule has 114 valence electrons. The lowest BCUT2D eigenvalue weighted by molar-refractivity contribution is -0.135. The Kier molecular flexibility index (Phi) is 3.01. The molecule has 0 bridgehead atoms. The van der Waals surface area contributed by atoms with E-state index in [1.165, 1.54) is 6.07 Å². The van der Waals surface area contributed by atoms with Crippen molar-refractivity contribution in [3.63, 3.8) is 0 Å². The number of aromatic nitrogens is 1. The first-order chi connectivity index (χ1) is 11.1. The number of rotatable bonds is 1. The maximum Gasteiger partial charge on any atom is 0.336 e. The highest BCUT2D eigenvalue weighted by Gasteiger charge is 2.31. The Balaban J connectivity index is 2.06. The summed E-state index contributed by atoms with van der Waals surface area (Å²) in [6, 6.07) is 8.76. The number of pyridine rings is 1. The number of benzene rings is 1. The van der Waals surface area contributed by atoms with Gasteiger partial charge in [0.15, 0.2) is 0 Å². The molecule has 2 aromatic heterocycles. The van der Waals surface area contributed by atoms with Gasteiger partial charge in [-0.2, -0.15) is 0 Å². The Morgan fingerprint density at radius 3 is 2.87 bits per heavy atom. The number of esters is 1. The number of aryl methyl sites for hydroxylation is 1. The Bertz CT molecular complexity index is 975. The highest BCUT2D eigenvalue weighted by Crippen LogP contribution is 2.42. The fraction of sp³-hybridized carbons (Fsp3) is 0.167. The third-order valence-electron chi connectivity index (χ3n) is 4.15. The Morgan fingerprint density at radius 1 is 1.22 bits per heavy atom. The quantitative estimate of drug-likeness (QED) is 0.393. The Hall–Kier alpha value is -2.95. The van der Waals surface area contributed by atoms with Gasteiger partial charge in [-0.15, -0.1) is 0 Å². The standard InChI is InChI=1S/C18H13NO4/c1-10-7-15(20)23-18-12(10)4-5-14-17(18)13(8-16(21)22-14)11-3-2-6-19-9-11/h2-7,9,13H,8H2,1H3/t13-/m1/s1. The zero-order chi connectivity index (χ0) is 16.0. The molecular weight excluding hydrogens is 294 g/mol. The molecule has 0 unspecified atom stereocenters. The van der Waals surface area contributed by atoms with Gasteiger partial charge in [0.05, 0.1) is 6.42 Å². The van der Waals surface area contributed by atoms with E-state index in [0.29, 0.717) is 11.3 Å². The minimum absolute atomic E-state index is 0.190. The predicted molar refractivity (Wildman–Crippen MR) is 83.6 cm³/mol. The molecule has 0 aliphatic carbocycles. The minimum Gasteiger partial charge on any atom is -0.426 e. The van der Waals surface area contributed by atoms with Crippen LogP contribution in [0.15, 0.2) is 51.9 Å². The van der Waals surface area contributed by atoms with Gasteiger partial charge in [-0.3, -0.25) is 9.78 Å². The van der Waals surface area contributed by atoms with E-state index in [1.807, 2.05) is 25.1 Å². The first-order valence-electron chi connectivity index (χ1n) is 7.31. The van der Waals surface area contributed by atoms with Crippen molar-refractivity contribution in [2.24, 2.45) is 0 Å². The van der Waals surface area contributed by atoms with E-state index in [2.05, 4.69) is 4.98 Å². The van der Waals surface area contributed by atoms with Gasteiger partial charge in [0.25, 0.3) is 0 Å². The summed E-state index contributed by atoms with van der Waals surface area (Å²) in [5, 5.41) is 0.843. The summed E-state index contributed by atoms with van der Waals surface area (Å²) < 4.78 is 10.8. The van der Waals surface area contributed by atoms with Crippen LogP contribution in [0.2, 0.25) is 0 Å². The van der Waals surface area contributed by atoms with Gasteiger partial charge in [0.1, 0.15) is 11.3 Å². The van der Waals surface area contributed by atoms with E-state index < -0.39 is 5.63 Å². The summed E-state index contributed by atoms with van der Waals surface area (Å²) in [5.41, 5.74) is 2.53. The molecule has 0 radical (unpaired) electrons.